The molecule has 0 aliphatic heterocycles. The Bertz CT molecular complexity index is 1060. The second kappa shape index (κ2) is 9.04. The molecule has 0 heterocycles. The minimum atomic E-state index is -1.34. The third-order valence-corrected chi connectivity index (χ3v) is 6.51. The average molecular weight is 524 g/mol. The zero-order chi connectivity index (χ0) is 23.1. The van der Waals surface area contributed by atoms with E-state index in [1.165, 1.54) is 32.2 Å². The molecule has 1 saturated carbocycles. The van der Waals surface area contributed by atoms with Crippen LogP contribution < -0.4 is 10.7 Å². The second-order valence-corrected chi connectivity index (χ2v) is 9.76. The van der Waals surface area contributed by atoms with E-state index in [2.05, 4.69) is 10.7 Å². The first-order chi connectivity index (χ1) is 14.4. The molecule has 1 aliphatic rings. The maximum atomic E-state index is 12.8. The van der Waals surface area contributed by atoms with E-state index in [-0.39, 0.29) is 16.5 Å². The van der Waals surface area contributed by atoms with Crippen molar-refractivity contribution in [3.63, 3.8) is 0 Å². The van der Waals surface area contributed by atoms with Crippen molar-refractivity contribution in [1.29, 1.82) is 0 Å². The van der Waals surface area contributed by atoms with E-state index in [4.69, 9.17) is 58.0 Å². The molecule has 0 saturated heterocycles. The van der Waals surface area contributed by atoms with Gasteiger partial charge in [0.2, 0.25) is 11.8 Å². The van der Waals surface area contributed by atoms with Gasteiger partial charge in [-0.25, -0.2) is 0 Å². The van der Waals surface area contributed by atoms with E-state index >= 15 is 0 Å². The highest BCUT2D eigenvalue weighted by molar-refractivity contribution is 6.53. The fourth-order valence-electron chi connectivity index (χ4n) is 3.11. The van der Waals surface area contributed by atoms with Gasteiger partial charge in [0.1, 0.15) is 4.33 Å². The van der Waals surface area contributed by atoms with Gasteiger partial charge in [-0.2, -0.15) is 0 Å². The van der Waals surface area contributed by atoms with Gasteiger partial charge >= 0.3 is 0 Å². The summed E-state index contributed by atoms with van der Waals surface area (Å²) in [5.74, 6) is -2.69. The number of alkyl halides is 2. The number of hydrogen-bond acceptors (Lipinski definition) is 3. The number of benzene rings is 2. The maximum absolute atomic E-state index is 12.8. The monoisotopic (exact) mass is 521 g/mol. The molecule has 3 rings (SSSR count). The predicted octanol–water partition coefficient (Wildman–Crippen LogP) is 5.30. The zero-order valence-electron chi connectivity index (χ0n) is 16.2. The van der Waals surface area contributed by atoms with Gasteiger partial charge in [0, 0.05) is 35.6 Å². The number of hydrazine groups is 1. The molecule has 0 unspecified atom stereocenters. The minimum absolute atomic E-state index is 0.0737. The van der Waals surface area contributed by atoms with Gasteiger partial charge in [-0.15, -0.1) is 23.2 Å². The highest BCUT2D eigenvalue weighted by atomic mass is 35.5. The lowest BCUT2D eigenvalue weighted by Gasteiger charge is -2.17. The molecular formula is C20H16Cl5N3O3. The summed E-state index contributed by atoms with van der Waals surface area (Å²) in [4.78, 5) is 36.6. The molecule has 0 bridgehead atoms. The summed E-state index contributed by atoms with van der Waals surface area (Å²) in [6, 6.07) is 9.25. The predicted molar refractivity (Wildman–Crippen MR) is 123 cm³/mol. The number of nitrogens with one attached hydrogen (secondary N) is 2. The van der Waals surface area contributed by atoms with Crippen LogP contribution in [0.25, 0.3) is 0 Å². The molecule has 2 atom stereocenters. The third kappa shape index (κ3) is 5.21. The Morgan fingerprint density at radius 3 is 2.19 bits per heavy atom. The summed E-state index contributed by atoms with van der Waals surface area (Å²) in [5.41, 5.74) is 3.41. The van der Waals surface area contributed by atoms with Crippen LogP contribution in [-0.2, 0) is 9.59 Å². The van der Waals surface area contributed by atoms with Crippen molar-refractivity contribution in [2.45, 2.75) is 17.2 Å². The smallest absolute Gasteiger partial charge is 0.271 e. The summed E-state index contributed by atoms with van der Waals surface area (Å²) in [6.07, 6.45) is 0. The van der Waals surface area contributed by atoms with E-state index in [0.29, 0.717) is 21.3 Å². The van der Waals surface area contributed by atoms with Crippen molar-refractivity contribution < 1.29 is 14.4 Å². The molecule has 2 aromatic rings. The van der Waals surface area contributed by atoms with Crippen molar-refractivity contribution in [1.82, 2.24) is 10.4 Å². The molecule has 1 aliphatic carbocycles. The van der Waals surface area contributed by atoms with Crippen LogP contribution in [0.2, 0.25) is 15.1 Å². The van der Waals surface area contributed by atoms with Crippen molar-refractivity contribution >= 4 is 81.4 Å². The van der Waals surface area contributed by atoms with E-state index in [1.54, 1.807) is 18.2 Å². The van der Waals surface area contributed by atoms with Crippen LogP contribution in [0.3, 0.4) is 0 Å². The molecule has 11 heteroatoms. The van der Waals surface area contributed by atoms with Gasteiger partial charge in [-0.1, -0.05) is 34.8 Å². The van der Waals surface area contributed by atoms with Crippen LogP contribution in [-0.4, -0.2) is 34.1 Å². The first-order valence-electron chi connectivity index (χ1n) is 8.91. The number of rotatable bonds is 4. The van der Waals surface area contributed by atoms with Crippen LogP contribution in [0.4, 0.5) is 5.69 Å². The van der Waals surface area contributed by atoms with Crippen molar-refractivity contribution in [2.75, 3.05) is 12.4 Å². The Labute approximate surface area is 203 Å². The molecular weight excluding hydrogens is 508 g/mol. The molecule has 0 spiro atoms. The lowest BCUT2D eigenvalue weighted by Crippen LogP contribution is -2.42. The summed E-state index contributed by atoms with van der Waals surface area (Å²) >= 11 is 30.9. The Morgan fingerprint density at radius 2 is 1.61 bits per heavy atom. The van der Waals surface area contributed by atoms with Crippen molar-refractivity contribution in [3.05, 3.63) is 62.6 Å². The van der Waals surface area contributed by atoms with Gasteiger partial charge in [0.25, 0.3) is 5.91 Å². The van der Waals surface area contributed by atoms with Gasteiger partial charge in [0.05, 0.1) is 16.5 Å². The Kier molecular flexibility index (Phi) is 6.99. The first kappa shape index (κ1) is 24.0. The van der Waals surface area contributed by atoms with Crippen LogP contribution in [0.1, 0.15) is 28.8 Å². The maximum Gasteiger partial charge on any atom is 0.271 e. The van der Waals surface area contributed by atoms with E-state index in [0.717, 1.165) is 5.01 Å². The number of anilines is 1. The quantitative estimate of drug-likeness (QED) is 0.422. The average Bonchev–Trinajstić information content (AvgIpc) is 3.24. The largest absolute Gasteiger partial charge is 0.326 e. The zero-order valence-corrected chi connectivity index (χ0v) is 20.0. The Hall–Kier alpha value is -1.70. The molecule has 0 aromatic heterocycles. The number of hydrogen-bond donors (Lipinski definition) is 2. The van der Waals surface area contributed by atoms with Gasteiger partial charge in [-0.3, -0.25) is 24.8 Å². The van der Waals surface area contributed by atoms with Crippen molar-refractivity contribution in [3.8, 4) is 0 Å². The van der Waals surface area contributed by atoms with E-state index in [1.807, 2.05) is 0 Å². The standard InChI is InChI=1S/C20H16Cl5N3O3/c1-9(29)28(2)27-18(30)14-8-13(3-4-15(14)23)26-19(31)17-16(20(17,24)25)10-5-11(21)7-12(22)6-10/h3-8,16-17H,1-2H3,(H,26,31)(H,27,30)/t16-,17+/m0/s1. The molecule has 6 nitrogen and oxygen atoms in total. The fourth-order valence-corrected chi connectivity index (χ4v) is 4.69. The first-order valence-corrected chi connectivity index (χ1v) is 10.8. The highest BCUT2D eigenvalue weighted by Gasteiger charge is 2.67. The van der Waals surface area contributed by atoms with Crippen LogP contribution in [0.5, 0.6) is 0 Å². The minimum Gasteiger partial charge on any atom is -0.326 e. The topological polar surface area (TPSA) is 78.5 Å². The number of amides is 3. The summed E-state index contributed by atoms with van der Waals surface area (Å²) < 4.78 is -1.34. The Balaban J connectivity index is 1.77. The fraction of sp³-hybridized carbons (Fsp3) is 0.250. The van der Waals surface area contributed by atoms with Crippen LogP contribution >= 0.6 is 58.0 Å². The van der Waals surface area contributed by atoms with Gasteiger partial charge < -0.3 is 5.32 Å². The SMILES string of the molecule is CC(=O)N(C)NC(=O)c1cc(NC(=O)[C@H]2[C@H](c3cc(Cl)cc(Cl)c3)C2(Cl)Cl)ccc1Cl. The summed E-state index contributed by atoms with van der Waals surface area (Å²) in [7, 11) is 1.40. The summed E-state index contributed by atoms with van der Waals surface area (Å²) in [6.45, 7) is 1.29. The number of carbonyl (C=O) groups is 3. The van der Waals surface area contributed by atoms with Crippen LogP contribution in [0, 0.1) is 5.92 Å². The highest BCUT2D eigenvalue weighted by Crippen LogP contribution is 2.65. The lowest BCUT2D eigenvalue weighted by molar-refractivity contribution is -0.129. The van der Waals surface area contributed by atoms with Crippen LogP contribution in [0.15, 0.2) is 36.4 Å². The van der Waals surface area contributed by atoms with E-state index < -0.39 is 28.0 Å². The van der Waals surface area contributed by atoms with E-state index in [9.17, 15) is 14.4 Å². The molecule has 0 radical (unpaired) electrons. The molecule has 1 fully saturated rings. The molecule has 31 heavy (non-hydrogen) atoms. The number of halogens is 5. The number of nitrogens with zero attached hydrogens (tertiary/aromatic N) is 1. The third-order valence-electron chi connectivity index (χ3n) is 4.80. The lowest BCUT2D eigenvalue weighted by atomic mass is 10.1. The molecule has 3 amide bonds. The normalized spacial score (nSPS) is 18.8. The number of carbonyl (C=O) groups excluding carboxylic acids is 3. The Morgan fingerprint density at radius 1 is 1.00 bits per heavy atom. The molecule has 2 aromatic carbocycles. The van der Waals surface area contributed by atoms with Crippen molar-refractivity contribution in [2.24, 2.45) is 5.92 Å². The summed E-state index contributed by atoms with van der Waals surface area (Å²) in [5, 5.41) is 4.67. The van der Waals surface area contributed by atoms with Gasteiger partial charge in [-0.05, 0) is 42.0 Å². The molecule has 2 N–H and O–H groups in total. The second-order valence-electron chi connectivity index (χ2n) is 7.04. The van der Waals surface area contributed by atoms with Gasteiger partial charge in [0.15, 0.2) is 0 Å². The molecule has 164 valence electrons.